The Morgan fingerprint density at radius 2 is 1.65 bits per heavy atom. The molecule has 2 aromatic rings. The minimum atomic E-state index is -0.574. The molecule has 0 saturated heterocycles. The lowest BCUT2D eigenvalue weighted by Gasteiger charge is -2.19. The molecule has 0 radical (unpaired) electrons. The van der Waals surface area contributed by atoms with Gasteiger partial charge < -0.3 is 19.5 Å². The van der Waals surface area contributed by atoms with E-state index in [1.54, 1.807) is 19.2 Å². The van der Waals surface area contributed by atoms with Crippen molar-refractivity contribution in [3.05, 3.63) is 54.1 Å². The Balaban J connectivity index is 1.92. The highest BCUT2D eigenvalue weighted by Gasteiger charge is 2.19. The monoisotopic (exact) mass is 357 g/mol. The number of para-hydroxylation sites is 2. The second kappa shape index (κ2) is 9.70. The van der Waals surface area contributed by atoms with Crippen LogP contribution in [-0.4, -0.2) is 25.2 Å². The standard InChI is InChI=1S/C21H27NO4/c1-5-18(26-20-9-7-6-8-19(20)24-4)21(23)22-14-16-10-12-17(13-11-16)25-15(2)3/h6-13,15,18H,5,14H2,1-4H3,(H,22,23). The van der Waals surface area contributed by atoms with Crippen molar-refractivity contribution in [2.75, 3.05) is 7.11 Å². The van der Waals surface area contributed by atoms with Crippen molar-refractivity contribution in [3.8, 4) is 17.2 Å². The average molecular weight is 357 g/mol. The highest BCUT2D eigenvalue weighted by molar-refractivity contribution is 5.81. The number of benzene rings is 2. The van der Waals surface area contributed by atoms with E-state index in [2.05, 4.69) is 5.32 Å². The van der Waals surface area contributed by atoms with E-state index in [0.717, 1.165) is 11.3 Å². The third-order valence-corrected chi connectivity index (χ3v) is 3.76. The molecule has 0 aromatic heterocycles. The van der Waals surface area contributed by atoms with E-state index in [-0.39, 0.29) is 12.0 Å². The first-order valence-electron chi connectivity index (χ1n) is 8.86. The maximum Gasteiger partial charge on any atom is 0.261 e. The van der Waals surface area contributed by atoms with Gasteiger partial charge >= 0.3 is 0 Å². The summed E-state index contributed by atoms with van der Waals surface area (Å²) in [6.07, 6.45) is 0.123. The number of nitrogens with one attached hydrogen (secondary N) is 1. The van der Waals surface area contributed by atoms with Gasteiger partial charge in [-0.3, -0.25) is 4.79 Å². The van der Waals surface area contributed by atoms with E-state index in [4.69, 9.17) is 14.2 Å². The maximum absolute atomic E-state index is 12.5. The number of hydrogen-bond acceptors (Lipinski definition) is 4. The molecule has 1 amide bonds. The van der Waals surface area contributed by atoms with E-state index < -0.39 is 6.10 Å². The van der Waals surface area contributed by atoms with Crippen molar-refractivity contribution in [1.29, 1.82) is 0 Å². The fourth-order valence-electron chi connectivity index (χ4n) is 2.45. The van der Waals surface area contributed by atoms with E-state index in [0.29, 0.717) is 24.5 Å². The normalized spacial score (nSPS) is 11.7. The summed E-state index contributed by atoms with van der Waals surface area (Å²) in [6.45, 7) is 6.33. The summed E-state index contributed by atoms with van der Waals surface area (Å²) in [7, 11) is 1.58. The van der Waals surface area contributed by atoms with Crippen LogP contribution in [0.5, 0.6) is 17.2 Å². The molecule has 0 aliphatic heterocycles. The van der Waals surface area contributed by atoms with Crippen LogP contribution in [0.3, 0.4) is 0 Å². The molecule has 2 rings (SSSR count). The summed E-state index contributed by atoms with van der Waals surface area (Å²) in [5.41, 5.74) is 1.00. The van der Waals surface area contributed by atoms with Crippen LogP contribution in [0, 0.1) is 0 Å². The number of carbonyl (C=O) groups excluding carboxylic acids is 1. The molecule has 1 unspecified atom stereocenters. The van der Waals surface area contributed by atoms with Gasteiger partial charge in [0.15, 0.2) is 17.6 Å². The Bertz CT molecular complexity index is 697. The predicted molar refractivity (Wildman–Crippen MR) is 102 cm³/mol. The second-order valence-corrected chi connectivity index (χ2v) is 6.19. The van der Waals surface area contributed by atoms with Gasteiger partial charge in [-0.25, -0.2) is 0 Å². The van der Waals surface area contributed by atoms with Gasteiger partial charge in [0.2, 0.25) is 0 Å². The van der Waals surface area contributed by atoms with E-state index in [1.807, 2.05) is 57.2 Å². The van der Waals surface area contributed by atoms with Gasteiger partial charge in [-0.05, 0) is 50.1 Å². The van der Waals surface area contributed by atoms with E-state index in [9.17, 15) is 4.79 Å². The first kappa shape index (κ1) is 19.6. The molecule has 0 spiro atoms. The van der Waals surface area contributed by atoms with Crippen LogP contribution in [-0.2, 0) is 11.3 Å². The number of amides is 1. The lowest BCUT2D eigenvalue weighted by Crippen LogP contribution is -2.37. The Kier molecular flexibility index (Phi) is 7.33. The van der Waals surface area contributed by atoms with Crippen LogP contribution in [0.15, 0.2) is 48.5 Å². The fraction of sp³-hybridized carbons (Fsp3) is 0.381. The smallest absolute Gasteiger partial charge is 0.261 e. The highest BCUT2D eigenvalue weighted by Crippen LogP contribution is 2.27. The lowest BCUT2D eigenvalue weighted by atomic mass is 10.2. The van der Waals surface area contributed by atoms with Gasteiger partial charge in [0.1, 0.15) is 5.75 Å². The molecule has 5 heteroatoms. The van der Waals surface area contributed by atoms with Gasteiger partial charge in [-0.2, -0.15) is 0 Å². The maximum atomic E-state index is 12.5. The zero-order valence-corrected chi connectivity index (χ0v) is 15.8. The zero-order chi connectivity index (χ0) is 18.9. The lowest BCUT2D eigenvalue weighted by molar-refractivity contribution is -0.128. The number of ether oxygens (including phenoxy) is 3. The van der Waals surface area contributed by atoms with Crippen LogP contribution in [0.25, 0.3) is 0 Å². The van der Waals surface area contributed by atoms with E-state index in [1.165, 1.54) is 0 Å². The molecule has 1 atom stereocenters. The molecule has 2 aromatic carbocycles. The van der Waals surface area contributed by atoms with Crippen molar-refractivity contribution in [2.24, 2.45) is 0 Å². The number of hydrogen-bond donors (Lipinski definition) is 1. The molecule has 5 nitrogen and oxygen atoms in total. The molecule has 0 bridgehead atoms. The molecular formula is C21H27NO4. The van der Waals surface area contributed by atoms with E-state index >= 15 is 0 Å². The summed E-state index contributed by atoms with van der Waals surface area (Å²) in [6, 6.07) is 15.0. The largest absolute Gasteiger partial charge is 0.493 e. The zero-order valence-electron chi connectivity index (χ0n) is 15.8. The molecule has 0 aliphatic rings. The number of methoxy groups -OCH3 is 1. The molecule has 0 fully saturated rings. The fourth-order valence-corrected chi connectivity index (χ4v) is 2.45. The van der Waals surface area contributed by atoms with Gasteiger partial charge in [-0.15, -0.1) is 0 Å². The van der Waals surface area contributed by atoms with Crippen LogP contribution in [0.2, 0.25) is 0 Å². The minimum absolute atomic E-state index is 0.137. The summed E-state index contributed by atoms with van der Waals surface area (Å²) in [5, 5.41) is 2.92. The summed E-state index contributed by atoms with van der Waals surface area (Å²) in [4.78, 5) is 12.5. The summed E-state index contributed by atoms with van der Waals surface area (Å²) >= 11 is 0. The first-order chi connectivity index (χ1) is 12.5. The quantitative estimate of drug-likeness (QED) is 0.738. The average Bonchev–Trinajstić information content (AvgIpc) is 2.65. The Morgan fingerprint density at radius 3 is 2.23 bits per heavy atom. The van der Waals surface area contributed by atoms with Crippen LogP contribution >= 0.6 is 0 Å². The molecule has 0 aliphatic carbocycles. The van der Waals surface area contributed by atoms with Gasteiger partial charge in [0.05, 0.1) is 13.2 Å². The molecular weight excluding hydrogens is 330 g/mol. The predicted octanol–water partition coefficient (Wildman–Crippen LogP) is 3.96. The molecule has 0 saturated carbocycles. The molecule has 1 N–H and O–H groups in total. The molecule has 26 heavy (non-hydrogen) atoms. The van der Waals surface area contributed by atoms with Crippen molar-refractivity contribution in [3.63, 3.8) is 0 Å². The van der Waals surface area contributed by atoms with Gasteiger partial charge in [0.25, 0.3) is 5.91 Å². The topological polar surface area (TPSA) is 56.8 Å². The second-order valence-electron chi connectivity index (χ2n) is 6.19. The van der Waals surface area contributed by atoms with Crippen molar-refractivity contribution >= 4 is 5.91 Å². The SMILES string of the molecule is CCC(Oc1ccccc1OC)C(=O)NCc1ccc(OC(C)C)cc1. The third-order valence-electron chi connectivity index (χ3n) is 3.76. The highest BCUT2D eigenvalue weighted by atomic mass is 16.5. The Morgan fingerprint density at radius 1 is 1.00 bits per heavy atom. The van der Waals surface area contributed by atoms with Crippen molar-refractivity contribution in [1.82, 2.24) is 5.32 Å². The number of carbonyl (C=O) groups is 1. The van der Waals surface area contributed by atoms with Crippen LogP contribution < -0.4 is 19.5 Å². The Hall–Kier alpha value is -2.69. The first-order valence-corrected chi connectivity index (χ1v) is 8.86. The van der Waals surface area contributed by atoms with Gasteiger partial charge in [-0.1, -0.05) is 31.2 Å². The Labute approximate surface area is 155 Å². The molecule has 140 valence electrons. The summed E-state index contributed by atoms with van der Waals surface area (Å²) in [5.74, 6) is 1.84. The van der Waals surface area contributed by atoms with Crippen molar-refractivity contribution in [2.45, 2.75) is 45.9 Å². The van der Waals surface area contributed by atoms with Gasteiger partial charge in [0, 0.05) is 6.54 Å². The number of rotatable bonds is 9. The summed E-state index contributed by atoms with van der Waals surface area (Å²) < 4.78 is 16.7. The molecule has 0 heterocycles. The third kappa shape index (κ3) is 5.69. The minimum Gasteiger partial charge on any atom is -0.493 e. The van der Waals surface area contributed by atoms with Crippen LogP contribution in [0.1, 0.15) is 32.8 Å². The van der Waals surface area contributed by atoms with Crippen molar-refractivity contribution < 1.29 is 19.0 Å². The van der Waals surface area contributed by atoms with Crippen LogP contribution in [0.4, 0.5) is 0 Å².